The Kier molecular flexibility index (Phi) is 9.52. The van der Waals surface area contributed by atoms with Gasteiger partial charge in [0.25, 0.3) is 5.91 Å². The van der Waals surface area contributed by atoms with Crippen molar-refractivity contribution in [2.75, 3.05) is 7.11 Å². The van der Waals surface area contributed by atoms with E-state index in [1.165, 1.54) is 0 Å². The molecule has 3 amide bonds. The number of ether oxygens (including phenoxy) is 1. The molecule has 4 rings (SSSR count). The van der Waals surface area contributed by atoms with Gasteiger partial charge in [0.05, 0.1) is 18.7 Å². The fourth-order valence-electron chi connectivity index (χ4n) is 4.34. The van der Waals surface area contributed by atoms with Crippen LogP contribution in [0.5, 0.6) is 5.75 Å². The Bertz CT molecular complexity index is 1280. The molecular formula is C31H36N4O5. The van der Waals surface area contributed by atoms with Crippen molar-refractivity contribution in [3.63, 3.8) is 0 Å². The van der Waals surface area contributed by atoms with Gasteiger partial charge in [-0.3, -0.25) is 14.4 Å². The van der Waals surface area contributed by atoms with E-state index in [1.54, 1.807) is 19.2 Å². The van der Waals surface area contributed by atoms with Crippen LogP contribution < -0.4 is 26.4 Å². The summed E-state index contributed by atoms with van der Waals surface area (Å²) in [6, 6.07) is 23.9. The number of rotatable bonds is 13. The summed E-state index contributed by atoms with van der Waals surface area (Å²) in [5.41, 5.74) is 7.62. The number of nitrogens with two attached hydrogens (primary N) is 1. The van der Waals surface area contributed by atoms with Crippen molar-refractivity contribution < 1.29 is 24.2 Å². The van der Waals surface area contributed by atoms with Crippen LogP contribution in [-0.4, -0.2) is 53.7 Å². The molecule has 0 bridgehead atoms. The molecule has 1 aliphatic carbocycles. The Morgan fingerprint density at radius 3 is 1.98 bits per heavy atom. The van der Waals surface area contributed by atoms with E-state index in [-0.39, 0.29) is 19.4 Å². The Balaban J connectivity index is 1.51. The van der Waals surface area contributed by atoms with Gasteiger partial charge in [-0.1, -0.05) is 72.8 Å². The monoisotopic (exact) mass is 544 g/mol. The number of hydrogen-bond acceptors (Lipinski definition) is 6. The molecule has 0 radical (unpaired) electrons. The molecular weight excluding hydrogens is 508 g/mol. The van der Waals surface area contributed by atoms with Gasteiger partial charge in [-0.05, 0) is 48.1 Å². The number of aliphatic hydroxyl groups is 1. The lowest BCUT2D eigenvalue weighted by molar-refractivity contribution is -0.134. The lowest BCUT2D eigenvalue weighted by Crippen LogP contribution is -2.58. The molecule has 1 unspecified atom stereocenters. The van der Waals surface area contributed by atoms with Gasteiger partial charge in [-0.25, -0.2) is 0 Å². The maximum Gasteiger partial charge on any atom is 0.251 e. The second kappa shape index (κ2) is 13.2. The molecule has 9 heteroatoms. The summed E-state index contributed by atoms with van der Waals surface area (Å²) in [6.45, 7) is 0.234. The van der Waals surface area contributed by atoms with E-state index < -0.39 is 41.4 Å². The molecule has 1 fully saturated rings. The first-order chi connectivity index (χ1) is 19.3. The van der Waals surface area contributed by atoms with Gasteiger partial charge in [-0.2, -0.15) is 0 Å². The highest BCUT2D eigenvalue weighted by molar-refractivity contribution is 5.94. The third-order valence-corrected chi connectivity index (χ3v) is 7.05. The van der Waals surface area contributed by atoms with Crippen molar-refractivity contribution in [1.29, 1.82) is 0 Å². The van der Waals surface area contributed by atoms with Gasteiger partial charge < -0.3 is 31.5 Å². The van der Waals surface area contributed by atoms with E-state index in [0.717, 1.165) is 16.7 Å². The third-order valence-electron chi connectivity index (χ3n) is 7.05. The third kappa shape index (κ3) is 7.91. The summed E-state index contributed by atoms with van der Waals surface area (Å²) >= 11 is 0. The van der Waals surface area contributed by atoms with Gasteiger partial charge in [0.15, 0.2) is 6.10 Å². The van der Waals surface area contributed by atoms with Gasteiger partial charge >= 0.3 is 0 Å². The van der Waals surface area contributed by atoms with Crippen LogP contribution in [0.4, 0.5) is 0 Å². The van der Waals surface area contributed by atoms with Crippen molar-refractivity contribution in [3.8, 4) is 5.75 Å². The van der Waals surface area contributed by atoms with Crippen molar-refractivity contribution in [3.05, 3.63) is 102 Å². The fraction of sp³-hybridized carbons (Fsp3) is 0.323. The summed E-state index contributed by atoms with van der Waals surface area (Å²) in [5.74, 6) is -0.869. The number of methoxy groups -OCH3 is 1. The highest BCUT2D eigenvalue weighted by Gasteiger charge is 2.47. The molecule has 6 N–H and O–H groups in total. The maximum atomic E-state index is 13.6. The minimum absolute atomic E-state index is 0.187. The molecule has 3 aromatic rings. The quantitative estimate of drug-likeness (QED) is 0.221. The zero-order valence-corrected chi connectivity index (χ0v) is 22.5. The number of carbonyl (C=O) groups is 3. The average Bonchev–Trinajstić information content (AvgIpc) is 3.74. The molecule has 0 aromatic heterocycles. The molecule has 0 heterocycles. The molecule has 0 saturated heterocycles. The minimum atomic E-state index is -1.53. The van der Waals surface area contributed by atoms with E-state index in [2.05, 4.69) is 16.0 Å². The predicted molar refractivity (Wildman–Crippen MR) is 151 cm³/mol. The van der Waals surface area contributed by atoms with Gasteiger partial charge in [0, 0.05) is 13.0 Å². The molecule has 9 nitrogen and oxygen atoms in total. The SMILES string of the molecule is COc1ccc(C[C@H](NC(=O)C2(N)CC2)C(=O)N[C@@H](Cc2ccccc2)C(O)C(=O)NCc2ccccc2)cc1. The van der Waals surface area contributed by atoms with Crippen molar-refractivity contribution in [2.24, 2.45) is 5.73 Å². The largest absolute Gasteiger partial charge is 0.497 e. The van der Waals surface area contributed by atoms with Crippen molar-refractivity contribution in [2.45, 2.75) is 56.0 Å². The predicted octanol–water partition coefficient (Wildman–Crippen LogP) is 1.62. The summed E-state index contributed by atoms with van der Waals surface area (Å²) in [7, 11) is 1.57. The maximum absolute atomic E-state index is 13.6. The van der Waals surface area contributed by atoms with Crippen LogP contribution in [0.1, 0.15) is 29.5 Å². The lowest BCUT2D eigenvalue weighted by Gasteiger charge is -2.27. The Morgan fingerprint density at radius 2 is 1.40 bits per heavy atom. The second-order valence-corrected chi connectivity index (χ2v) is 10.2. The first kappa shape index (κ1) is 28.8. The number of aliphatic hydroxyl groups excluding tert-OH is 1. The number of carbonyl (C=O) groups excluding carboxylic acids is 3. The summed E-state index contributed by atoms with van der Waals surface area (Å²) in [5, 5.41) is 19.4. The van der Waals surface area contributed by atoms with Crippen LogP contribution in [-0.2, 0) is 33.8 Å². The zero-order chi connectivity index (χ0) is 28.5. The molecule has 3 atom stereocenters. The smallest absolute Gasteiger partial charge is 0.251 e. The number of amides is 3. The van der Waals surface area contributed by atoms with Gasteiger partial charge in [-0.15, -0.1) is 0 Å². The molecule has 210 valence electrons. The van der Waals surface area contributed by atoms with E-state index in [4.69, 9.17) is 10.5 Å². The normalized spacial score (nSPS) is 15.7. The zero-order valence-electron chi connectivity index (χ0n) is 22.5. The molecule has 3 aromatic carbocycles. The van der Waals surface area contributed by atoms with Crippen molar-refractivity contribution >= 4 is 17.7 Å². The first-order valence-electron chi connectivity index (χ1n) is 13.3. The molecule has 1 saturated carbocycles. The second-order valence-electron chi connectivity index (χ2n) is 10.2. The van der Waals surface area contributed by atoms with Gasteiger partial charge in [0.2, 0.25) is 11.8 Å². The Hall–Kier alpha value is -4.21. The van der Waals surface area contributed by atoms with Crippen LogP contribution in [0, 0.1) is 0 Å². The number of hydrogen-bond donors (Lipinski definition) is 5. The van der Waals surface area contributed by atoms with Crippen LogP contribution in [0.3, 0.4) is 0 Å². The Morgan fingerprint density at radius 1 is 0.825 bits per heavy atom. The molecule has 0 aliphatic heterocycles. The average molecular weight is 545 g/mol. The lowest BCUT2D eigenvalue weighted by atomic mass is 9.98. The molecule has 40 heavy (non-hydrogen) atoms. The van der Waals surface area contributed by atoms with Crippen LogP contribution in [0.2, 0.25) is 0 Å². The van der Waals surface area contributed by atoms with Crippen LogP contribution in [0.15, 0.2) is 84.9 Å². The van der Waals surface area contributed by atoms with Crippen LogP contribution in [0.25, 0.3) is 0 Å². The van der Waals surface area contributed by atoms with Gasteiger partial charge in [0.1, 0.15) is 11.8 Å². The molecule has 0 spiro atoms. The Labute approximate surface area is 234 Å². The van der Waals surface area contributed by atoms with E-state index in [9.17, 15) is 19.5 Å². The van der Waals surface area contributed by atoms with E-state index >= 15 is 0 Å². The standard InChI is InChI=1S/C31H36N4O5/c1-40-24-14-12-22(13-15-24)19-26(35-30(39)31(32)16-17-31)28(37)34-25(18-21-8-4-2-5-9-21)27(36)29(38)33-20-23-10-6-3-7-11-23/h2-15,25-27,36H,16-20,32H2,1H3,(H,33,38)(H,34,37)(H,35,39)/t25-,26-,27?/m0/s1. The number of nitrogens with one attached hydrogen (secondary N) is 3. The minimum Gasteiger partial charge on any atom is -0.497 e. The van der Waals surface area contributed by atoms with E-state index in [0.29, 0.717) is 18.6 Å². The fourth-order valence-corrected chi connectivity index (χ4v) is 4.34. The summed E-state index contributed by atoms with van der Waals surface area (Å²) in [4.78, 5) is 39.4. The van der Waals surface area contributed by atoms with Crippen molar-refractivity contribution in [1.82, 2.24) is 16.0 Å². The highest BCUT2D eigenvalue weighted by Crippen LogP contribution is 2.32. The summed E-state index contributed by atoms with van der Waals surface area (Å²) in [6.07, 6.45) is -0.0450. The summed E-state index contributed by atoms with van der Waals surface area (Å²) < 4.78 is 5.21. The highest BCUT2D eigenvalue weighted by atomic mass is 16.5. The topological polar surface area (TPSA) is 143 Å². The van der Waals surface area contributed by atoms with Crippen LogP contribution >= 0.6 is 0 Å². The first-order valence-corrected chi connectivity index (χ1v) is 13.3. The molecule has 1 aliphatic rings. The van der Waals surface area contributed by atoms with E-state index in [1.807, 2.05) is 72.8 Å². The number of benzene rings is 3.